The Hall–Kier alpha value is -1.88. The van der Waals surface area contributed by atoms with Crippen LogP contribution in [0.2, 0.25) is 0 Å². The van der Waals surface area contributed by atoms with Crippen molar-refractivity contribution in [3.8, 4) is 0 Å². The number of nitrogens with zero attached hydrogens (tertiary/aromatic N) is 1. The molecule has 2 N–H and O–H groups in total. The Bertz CT molecular complexity index is 657. The highest BCUT2D eigenvalue weighted by atomic mass is 32.1. The second-order valence-corrected chi connectivity index (χ2v) is 6.34. The summed E-state index contributed by atoms with van der Waals surface area (Å²) in [5, 5.41) is 6.91. The predicted molar refractivity (Wildman–Crippen MR) is 87.4 cm³/mol. The molecule has 3 rings (SSSR count). The van der Waals surface area contributed by atoms with Crippen molar-refractivity contribution in [3.05, 3.63) is 39.9 Å². The molecule has 1 amide bonds. The predicted octanol–water partition coefficient (Wildman–Crippen LogP) is 3.62. The SMILES string of the molecule is CCNc1ccc(C(=O)Nc2nc3c(s2)CCC3)cc1C. The number of amides is 1. The lowest BCUT2D eigenvalue weighted by Crippen LogP contribution is -2.12. The number of anilines is 2. The fraction of sp³-hybridized carbons (Fsp3) is 0.375. The van der Waals surface area contributed by atoms with Crippen LogP contribution in [0, 0.1) is 6.92 Å². The van der Waals surface area contributed by atoms with Crippen LogP contribution in [-0.2, 0) is 12.8 Å². The van der Waals surface area contributed by atoms with Gasteiger partial charge >= 0.3 is 0 Å². The van der Waals surface area contributed by atoms with Gasteiger partial charge in [0.05, 0.1) is 5.69 Å². The smallest absolute Gasteiger partial charge is 0.257 e. The lowest BCUT2D eigenvalue weighted by molar-refractivity contribution is 0.102. The molecular formula is C16H19N3OS. The molecule has 0 saturated carbocycles. The van der Waals surface area contributed by atoms with E-state index in [1.54, 1.807) is 11.3 Å². The fourth-order valence-corrected chi connectivity index (χ4v) is 3.65. The molecule has 0 aliphatic heterocycles. The summed E-state index contributed by atoms with van der Waals surface area (Å²) >= 11 is 1.61. The van der Waals surface area contributed by atoms with E-state index in [4.69, 9.17) is 0 Å². The van der Waals surface area contributed by atoms with E-state index in [2.05, 4.69) is 22.5 Å². The van der Waals surface area contributed by atoms with Crippen LogP contribution in [-0.4, -0.2) is 17.4 Å². The third-order valence-corrected chi connectivity index (χ3v) is 4.74. The number of hydrogen-bond acceptors (Lipinski definition) is 4. The monoisotopic (exact) mass is 301 g/mol. The Morgan fingerprint density at radius 1 is 1.38 bits per heavy atom. The summed E-state index contributed by atoms with van der Waals surface area (Å²) in [4.78, 5) is 18.1. The van der Waals surface area contributed by atoms with Crippen molar-refractivity contribution in [3.63, 3.8) is 0 Å². The minimum absolute atomic E-state index is 0.0893. The Morgan fingerprint density at radius 3 is 2.95 bits per heavy atom. The van der Waals surface area contributed by atoms with Gasteiger partial charge in [-0.05, 0) is 56.9 Å². The first kappa shape index (κ1) is 14.1. The molecule has 0 bridgehead atoms. The second kappa shape index (κ2) is 5.85. The number of rotatable bonds is 4. The minimum Gasteiger partial charge on any atom is -0.385 e. The molecule has 1 aromatic carbocycles. The number of aryl methyl sites for hydroxylation is 3. The summed E-state index contributed by atoms with van der Waals surface area (Å²) in [6, 6.07) is 5.71. The lowest BCUT2D eigenvalue weighted by atomic mass is 10.1. The van der Waals surface area contributed by atoms with E-state index in [0.29, 0.717) is 5.56 Å². The number of hydrogen-bond donors (Lipinski definition) is 2. The molecule has 0 radical (unpaired) electrons. The molecule has 110 valence electrons. The molecule has 0 spiro atoms. The van der Waals surface area contributed by atoms with E-state index in [1.807, 2.05) is 25.1 Å². The maximum absolute atomic E-state index is 12.3. The highest BCUT2D eigenvalue weighted by Gasteiger charge is 2.18. The topological polar surface area (TPSA) is 54.0 Å². The fourth-order valence-electron chi connectivity index (χ4n) is 2.61. The van der Waals surface area contributed by atoms with Gasteiger partial charge in [-0.25, -0.2) is 4.98 Å². The van der Waals surface area contributed by atoms with Crippen LogP contribution < -0.4 is 10.6 Å². The van der Waals surface area contributed by atoms with Gasteiger partial charge in [-0.3, -0.25) is 10.1 Å². The largest absolute Gasteiger partial charge is 0.385 e. The van der Waals surface area contributed by atoms with E-state index in [1.165, 1.54) is 11.3 Å². The average Bonchev–Trinajstić information content (AvgIpc) is 3.02. The molecule has 21 heavy (non-hydrogen) atoms. The molecule has 1 heterocycles. The first-order valence-corrected chi connectivity index (χ1v) is 8.13. The summed E-state index contributed by atoms with van der Waals surface area (Å²) in [5.74, 6) is -0.0893. The zero-order valence-corrected chi connectivity index (χ0v) is 13.1. The summed E-state index contributed by atoms with van der Waals surface area (Å²) in [6.07, 6.45) is 3.32. The normalized spacial score (nSPS) is 13.0. The average molecular weight is 301 g/mol. The van der Waals surface area contributed by atoms with Crippen LogP contribution in [0.4, 0.5) is 10.8 Å². The molecule has 1 aliphatic carbocycles. The first-order chi connectivity index (χ1) is 10.2. The summed E-state index contributed by atoms with van der Waals surface area (Å²) < 4.78 is 0. The molecule has 0 atom stereocenters. The third-order valence-electron chi connectivity index (χ3n) is 3.67. The number of thiazole rings is 1. The van der Waals surface area contributed by atoms with Crippen molar-refractivity contribution in [2.24, 2.45) is 0 Å². The molecule has 0 unspecified atom stereocenters. The Balaban J connectivity index is 1.74. The van der Waals surface area contributed by atoms with E-state index in [9.17, 15) is 4.79 Å². The van der Waals surface area contributed by atoms with Gasteiger partial charge in [0.2, 0.25) is 0 Å². The number of aromatic nitrogens is 1. The van der Waals surface area contributed by atoms with Crippen LogP contribution in [0.1, 0.15) is 39.8 Å². The van der Waals surface area contributed by atoms with Crippen LogP contribution in [0.15, 0.2) is 18.2 Å². The van der Waals surface area contributed by atoms with Gasteiger partial charge in [0, 0.05) is 22.7 Å². The Morgan fingerprint density at radius 2 is 2.24 bits per heavy atom. The lowest BCUT2D eigenvalue weighted by Gasteiger charge is -2.09. The van der Waals surface area contributed by atoms with E-state index < -0.39 is 0 Å². The molecular weight excluding hydrogens is 282 g/mol. The van der Waals surface area contributed by atoms with Crippen molar-refractivity contribution in [2.45, 2.75) is 33.1 Å². The molecule has 4 nitrogen and oxygen atoms in total. The molecule has 1 aliphatic rings. The second-order valence-electron chi connectivity index (χ2n) is 5.26. The van der Waals surface area contributed by atoms with E-state index in [-0.39, 0.29) is 5.91 Å². The maximum Gasteiger partial charge on any atom is 0.257 e. The molecule has 0 saturated heterocycles. The van der Waals surface area contributed by atoms with Gasteiger partial charge in [-0.15, -0.1) is 11.3 Å². The Kier molecular flexibility index (Phi) is 3.92. The number of fused-ring (bicyclic) bond motifs is 1. The highest BCUT2D eigenvalue weighted by molar-refractivity contribution is 7.15. The molecule has 1 aromatic heterocycles. The van der Waals surface area contributed by atoms with Crippen LogP contribution in [0.5, 0.6) is 0 Å². The molecule has 5 heteroatoms. The quantitative estimate of drug-likeness (QED) is 0.907. The van der Waals surface area contributed by atoms with Gasteiger partial charge in [0.1, 0.15) is 0 Å². The minimum atomic E-state index is -0.0893. The van der Waals surface area contributed by atoms with Crippen LogP contribution >= 0.6 is 11.3 Å². The number of carbonyl (C=O) groups is 1. The number of carbonyl (C=O) groups excluding carboxylic acids is 1. The van der Waals surface area contributed by atoms with E-state index >= 15 is 0 Å². The van der Waals surface area contributed by atoms with Crippen LogP contribution in [0.3, 0.4) is 0 Å². The van der Waals surface area contributed by atoms with Crippen molar-refractivity contribution in [1.29, 1.82) is 0 Å². The highest BCUT2D eigenvalue weighted by Crippen LogP contribution is 2.30. The standard InChI is InChI=1S/C16H19N3OS/c1-3-17-12-8-7-11(9-10(12)2)15(20)19-16-18-13-5-4-6-14(13)21-16/h7-9,17H,3-6H2,1-2H3,(H,18,19,20). The zero-order chi connectivity index (χ0) is 14.8. The maximum atomic E-state index is 12.3. The number of nitrogens with one attached hydrogen (secondary N) is 2. The van der Waals surface area contributed by atoms with Gasteiger partial charge in [-0.2, -0.15) is 0 Å². The summed E-state index contributed by atoms with van der Waals surface area (Å²) in [7, 11) is 0. The van der Waals surface area contributed by atoms with Gasteiger partial charge in [-0.1, -0.05) is 0 Å². The van der Waals surface area contributed by atoms with Crippen molar-refractivity contribution in [1.82, 2.24) is 4.98 Å². The number of benzene rings is 1. The van der Waals surface area contributed by atoms with Crippen molar-refractivity contribution < 1.29 is 4.79 Å². The van der Waals surface area contributed by atoms with Gasteiger partial charge in [0.25, 0.3) is 5.91 Å². The van der Waals surface area contributed by atoms with Gasteiger partial charge in [0.15, 0.2) is 5.13 Å². The van der Waals surface area contributed by atoms with Gasteiger partial charge < -0.3 is 5.32 Å². The first-order valence-electron chi connectivity index (χ1n) is 7.32. The summed E-state index contributed by atoms with van der Waals surface area (Å²) in [6.45, 7) is 4.94. The Labute approximate surface area is 128 Å². The van der Waals surface area contributed by atoms with Crippen molar-refractivity contribution >= 4 is 28.1 Å². The third kappa shape index (κ3) is 2.93. The molecule has 0 fully saturated rings. The van der Waals surface area contributed by atoms with E-state index in [0.717, 1.165) is 41.5 Å². The molecule has 2 aromatic rings. The van der Waals surface area contributed by atoms with Crippen molar-refractivity contribution in [2.75, 3.05) is 17.2 Å². The zero-order valence-electron chi connectivity index (χ0n) is 12.3. The summed E-state index contributed by atoms with van der Waals surface area (Å²) in [5.41, 5.74) is 3.98. The van der Waals surface area contributed by atoms with Crippen LogP contribution in [0.25, 0.3) is 0 Å².